The number of aromatic nitrogens is 2. The molecule has 3 N–H and O–H groups in total. The number of hydrogen-bond acceptors (Lipinski definition) is 6. The zero-order valence-electron chi connectivity index (χ0n) is 15.4. The minimum Gasteiger partial charge on any atom is -0.351 e. The molecule has 144 valence electrons. The maximum atomic E-state index is 13.6. The van der Waals surface area contributed by atoms with Crippen LogP contribution in [0.1, 0.15) is 36.6 Å². The lowest BCUT2D eigenvalue weighted by atomic mass is 10.1. The highest BCUT2D eigenvalue weighted by Gasteiger charge is 2.24. The number of nitrogens with one attached hydrogen (secondary N) is 3. The SMILES string of the molecule is Cc1nc(NC2CCSCC2)nc(Nc2cccc(C(C)(F)F)c2)c1C=N. The first-order valence-electron chi connectivity index (χ1n) is 8.85. The second-order valence-corrected chi connectivity index (χ2v) is 7.89. The van der Waals surface area contributed by atoms with Gasteiger partial charge < -0.3 is 16.0 Å². The van der Waals surface area contributed by atoms with Crippen molar-refractivity contribution in [1.82, 2.24) is 9.97 Å². The molecule has 0 amide bonds. The Balaban J connectivity index is 1.88. The van der Waals surface area contributed by atoms with Crippen molar-refractivity contribution in [3.05, 3.63) is 41.1 Å². The Labute approximate surface area is 161 Å². The van der Waals surface area contributed by atoms with Crippen LogP contribution >= 0.6 is 11.8 Å². The van der Waals surface area contributed by atoms with E-state index in [4.69, 9.17) is 5.41 Å². The molecule has 8 heteroatoms. The van der Waals surface area contributed by atoms with Gasteiger partial charge in [-0.2, -0.15) is 16.7 Å². The summed E-state index contributed by atoms with van der Waals surface area (Å²) in [6.07, 6.45) is 3.28. The van der Waals surface area contributed by atoms with Gasteiger partial charge in [-0.05, 0) is 43.4 Å². The number of anilines is 3. The third-order valence-corrected chi connectivity index (χ3v) is 5.52. The molecular weight excluding hydrogens is 368 g/mol. The van der Waals surface area contributed by atoms with E-state index in [2.05, 4.69) is 20.6 Å². The highest BCUT2D eigenvalue weighted by Crippen LogP contribution is 2.30. The number of nitrogens with zero attached hydrogens (tertiary/aromatic N) is 2. The molecule has 0 saturated carbocycles. The molecule has 1 aromatic heterocycles. The summed E-state index contributed by atoms with van der Waals surface area (Å²) < 4.78 is 27.2. The fourth-order valence-electron chi connectivity index (χ4n) is 2.95. The lowest BCUT2D eigenvalue weighted by Gasteiger charge is -2.23. The molecule has 2 aromatic rings. The Morgan fingerprint density at radius 2 is 2.00 bits per heavy atom. The van der Waals surface area contributed by atoms with Gasteiger partial charge in [0.2, 0.25) is 5.95 Å². The van der Waals surface area contributed by atoms with Crippen LogP contribution in [0.15, 0.2) is 24.3 Å². The Kier molecular flexibility index (Phi) is 5.94. The Morgan fingerprint density at radius 1 is 1.26 bits per heavy atom. The number of hydrogen-bond donors (Lipinski definition) is 3. The number of rotatable bonds is 6. The third-order valence-electron chi connectivity index (χ3n) is 4.47. The van der Waals surface area contributed by atoms with Crippen molar-refractivity contribution in [2.75, 3.05) is 22.1 Å². The van der Waals surface area contributed by atoms with Crippen molar-refractivity contribution in [2.24, 2.45) is 0 Å². The van der Waals surface area contributed by atoms with Crippen LogP contribution in [0.3, 0.4) is 0 Å². The molecule has 1 saturated heterocycles. The molecule has 0 atom stereocenters. The summed E-state index contributed by atoms with van der Waals surface area (Å²) in [5.41, 5.74) is 1.61. The minimum atomic E-state index is -2.92. The van der Waals surface area contributed by atoms with Gasteiger partial charge in [0.25, 0.3) is 5.92 Å². The molecule has 0 bridgehead atoms. The Hall–Kier alpha value is -2.22. The van der Waals surface area contributed by atoms with E-state index in [1.165, 1.54) is 18.3 Å². The van der Waals surface area contributed by atoms with E-state index in [1.54, 1.807) is 12.1 Å². The first-order valence-corrected chi connectivity index (χ1v) is 10.0. The zero-order valence-corrected chi connectivity index (χ0v) is 16.2. The van der Waals surface area contributed by atoms with Crippen LogP contribution in [0.5, 0.6) is 0 Å². The van der Waals surface area contributed by atoms with Gasteiger partial charge in [0.05, 0.1) is 11.3 Å². The van der Waals surface area contributed by atoms with Crippen LogP contribution in [-0.4, -0.2) is 33.7 Å². The van der Waals surface area contributed by atoms with E-state index in [0.29, 0.717) is 34.8 Å². The van der Waals surface area contributed by atoms with Gasteiger partial charge in [-0.1, -0.05) is 12.1 Å². The molecule has 0 aliphatic carbocycles. The Bertz CT molecular complexity index is 816. The van der Waals surface area contributed by atoms with Crippen LogP contribution in [0, 0.1) is 12.3 Å². The second kappa shape index (κ2) is 8.21. The highest BCUT2D eigenvalue weighted by molar-refractivity contribution is 7.99. The zero-order chi connectivity index (χ0) is 19.4. The first kappa shape index (κ1) is 19.5. The van der Waals surface area contributed by atoms with Crippen molar-refractivity contribution in [2.45, 2.75) is 38.7 Å². The lowest BCUT2D eigenvalue weighted by molar-refractivity contribution is 0.0175. The molecule has 2 heterocycles. The quantitative estimate of drug-likeness (QED) is 0.608. The monoisotopic (exact) mass is 391 g/mol. The number of alkyl halides is 2. The summed E-state index contributed by atoms with van der Waals surface area (Å²) in [6, 6.07) is 6.39. The molecule has 27 heavy (non-hydrogen) atoms. The highest BCUT2D eigenvalue weighted by atomic mass is 32.2. The maximum absolute atomic E-state index is 13.6. The predicted octanol–water partition coefficient (Wildman–Crippen LogP) is 4.95. The molecule has 1 aliphatic heterocycles. The molecule has 0 unspecified atom stereocenters. The van der Waals surface area contributed by atoms with Crippen LogP contribution in [0.25, 0.3) is 0 Å². The molecule has 3 rings (SSSR count). The maximum Gasteiger partial charge on any atom is 0.270 e. The second-order valence-electron chi connectivity index (χ2n) is 6.66. The van der Waals surface area contributed by atoms with Gasteiger partial charge in [0.15, 0.2) is 0 Å². The van der Waals surface area contributed by atoms with Crippen molar-refractivity contribution in [3.63, 3.8) is 0 Å². The van der Waals surface area contributed by atoms with E-state index in [-0.39, 0.29) is 5.56 Å². The van der Waals surface area contributed by atoms with Gasteiger partial charge in [-0.3, -0.25) is 0 Å². The van der Waals surface area contributed by atoms with E-state index >= 15 is 0 Å². The van der Waals surface area contributed by atoms with Crippen LogP contribution < -0.4 is 10.6 Å². The van der Waals surface area contributed by atoms with Gasteiger partial charge in [-0.25, -0.2) is 13.8 Å². The van der Waals surface area contributed by atoms with Crippen molar-refractivity contribution in [3.8, 4) is 0 Å². The van der Waals surface area contributed by atoms with E-state index < -0.39 is 5.92 Å². The number of aryl methyl sites for hydroxylation is 1. The summed E-state index contributed by atoms with van der Waals surface area (Å²) in [5.74, 6) is 0.225. The topological polar surface area (TPSA) is 73.7 Å². The van der Waals surface area contributed by atoms with Crippen LogP contribution in [-0.2, 0) is 5.92 Å². The van der Waals surface area contributed by atoms with E-state index in [1.807, 2.05) is 18.7 Å². The van der Waals surface area contributed by atoms with Crippen molar-refractivity contribution in [1.29, 1.82) is 5.41 Å². The van der Waals surface area contributed by atoms with Crippen molar-refractivity contribution < 1.29 is 8.78 Å². The normalized spacial score (nSPS) is 15.4. The van der Waals surface area contributed by atoms with E-state index in [9.17, 15) is 8.78 Å². The van der Waals surface area contributed by atoms with Gasteiger partial charge in [0.1, 0.15) is 5.82 Å². The predicted molar refractivity (Wildman–Crippen MR) is 108 cm³/mol. The number of benzene rings is 1. The van der Waals surface area contributed by atoms with Crippen LogP contribution in [0.4, 0.5) is 26.2 Å². The van der Waals surface area contributed by atoms with E-state index in [0.717, 1.165) is 31.3 Å². The smallest absolute Gasteiger partial charge is 0.270 e. The summed E-state index contributed by atoms with van der Waals surface area (Å²) in [6.45, 7) is 2.68. The summed E-state index contributed by atoms with van der Waals surface area (Å²) in [4.78, 5) is 8.96. The minimum absolute atomic E-state index is 0.0762. The number of halogens is 2. The molecule has 0 spiro atoms. The average molecular weight is 391 g/mol. The summed E-state index contributed by atoms with van der Waals surface area (Å²) in [5, 5.41) is 14.1. The number of thioether (sulfide) groups is 1. The molecular formula is C19H23F2N5S. The fourth-order valence-corrected chi connectivity index (χ4v) is 4.05. The van der Waals surface area contributed by atoms with Gasteiger partial charge in [-0.15, -0.1) is 0 Å². The van der Waals surface area contributed by atoms with Gasteiger partial charge in [0, 0.05) is 30.4 Å². The molecule has 5 nitrogen and oxygen atoms in total. The van der Waals surface area contributed by atoms with Gasteiger partial charge >= 0.3 is 0 Å². The summed E-state index contributed by atoms with van der Waals surface area (Å²) >= 11 is 1.94. The largest absolute Gasteiger partial charge is 0.351 e. The first-order chi connectivity index (χ1) is 12.9. The van der Waals surface area contributed by atoms with Crippen molar-refractivity contribution >= 4 is 35.4 Å². The Morgan fingerprint density at radius 3 is 2.67 bits per heavy atom. The lowest BCUT2D eigenvalue weighted by Crippen LogP contribution is -2.26. The average Bonchev–Trinajstić information content (AvgIpc) is 2.62. The summed E-state index contributed by atoms with van der Waals surface area (Å²) in [7, 11) is 0. The molecule has 1 fully saturated rings. The fraction of sp³-hybridized carbons (Fsp3) is 0.421. The third kappa shape index (κ3) is 4.94. The molecule has 1 aliphatic rings. The molecule has 0 radical (unpaired) electrons. The standard InChI is InChI=1S/C19H23F2N5S/c1-12-16(11-22)17(24-15-5-3-4-13(10-15)19(2,20)21)26-18(23-12)25-14-6-8-27-9-7-14/h3-5,10-11,14,22H,6-9H2,1-2H3,(H2,23,24,25,26). The molecule has 1 aromatic carbocycles. The van der Waals surface area contributed by atoms with Crippen LogP contribution in [0.2, 0.25) is 0 Å².